The van der Waals surface area contributed by atoms with E-state index in [1.807, 2.05) is 33.8 Å². The fraction of sp³-hybridized carbons (Fsp3) is 0.633. The molecule has 2 aromatic rings. The van der Waals surface area contributed by atoms with Crippen LogP contribution in [-0.2, 0) is 70.4 Å². The number of aliphatic hydroxyl groups is 1. The van der Waals surface area contributed by atoms with E-state index in [-0.39, 0.29) is 50.7 Å². The fourth-order valence-electron chi connectivity index (χ4n) is 10.1. The van der Waals surface area contributed by atoms with Gasteiger partial charge >= 0.3 is 18.0 Å². The number of benzene rings is 2. The largest absolute Gasteiger partial charge is 0.497 e. The molecule has 0 spiro atoms. The molecule has 2 fully saturated rings. The van der Waals surface area contributed by atoms with Gasteiger partial charge in [-0.3, -0.25) is 38.4 Å². The molecule has 0 aliphatic carbocycles. The van der Waals surface area contributed by atoms with Crippen molar-refractivity contribution >= 4 is 59.3 Å². The van der Waals surface area contributed by atoms with Crippen molar-refractivity contribution < 1.29 is 72.0 Å². The molecule has 0 aromatic heterocycles. The van der Waals surface area contributed by atoms with Gasteiger partial charge in [-0.15, -0.1) is 0 Å². The lowest BCUT2D eigenvalue weighted by atomic mass is 9.91. The predicted molar refractivity (Wildman–Crippen MR) is 303 cm³/mol. The first-order valence-electron chi connectivity index (χ1n) is 28.6. The Morgan fingerprint density at radius 3 is 2.07 bits per heavy atom. The highest BCUT2D eigenvalue weighted by atomic mass is 16.6. The Kier molecular flexibility index (Phi) is 25.8. The summed E-state index contributed by atoms with van der Waals surface area (Å²) in [5.41, 5.74) is 1.28. The molecule has 82 heavy (non-hydrogen) atoms. The van der Waals surface area contributed by atoms with Crippen LogP contribution in [-0.4, -0.2) is 167 Å². The van der Waals surface area contributed by atoms with Crippen LogP contribution in [0, 0.1) is 29.6 Å². The molecular formula is C60H89N7O15. The number of fused-ring (bicyclic) bond motifs is 1. The van der Waals surface area contributed by atoms with Gasteiger partial charge in [-0.25, -0.2) is 9.59 Å². The molecule has 22 nitrogen and oxygen atoms in total. The van der Waals surface area contributed by atoms with Gasteiger partial charge in [-0.2, -0.15) is 0 Å². The highest BCUT2D eigenvalue weighted by molar-refractivity contribution is 6.05. The normalized spacial score (nSPS) is 25.0. The topological polar surface area (TPSA) is 286 Å². The van der Waals surface area contributed by atoms with E-state index in [9.17, 15) is 48.3 Å². The molecule has 2 heterocycles. The molecule has 5 N–H and O–H groups in total. The number of alkyl carbamates (subject to hydrolysis) is 1. The van der Waals surface area contributed by atoms with Crippen LogP contribution in [0.1, 0.15) is 126 Å². The van der Waals surface area contributed by atoms with Gasteiger partial charge in [0, 0.05) is 27.1 Å². The van der Waals surface area contributed by atoms with Crippen molar-refractivity contribution in [1.29, 1.82) is 0 Å². The number of hydrogen-bond donors (Lipinski definition) is 5. The number of nitrogens with zero attached hydrogens (tertiary/aromatic N) is 3. The Balaban J connectivity index is 1.84. The van der Waals surface area contributed by atoms with Gasteiger partial charge in [0.25, 0.3) is 0 Å². The van der Waals surface area contributed by atoms with Crippen molar-refractivity contribution in [2.75, 3.05) is 27.7 Å². The zero-order chi connectivity index (χ0) is 61.3. The minimum absolute atomic E-state index is 0.0523. The van der Waals surface area contributed by atoms with Crippen molar-refractivity contribution in [2.45, 2.75) is 188 Å². The summed E-state index contributed by atoms with van der Waals surface area (Å²) < 4.78 is 22.6. The highest BCUT2D eigenvalue weighted by Crippen LogP contribution is 2.26. The van der Waals surface area contributed by atoms with Crippen LogP contribution in [0.5, 0.6) is 5.75 Å². The highest BCUT2D eigenvalue weighted by Gasteiger charge is 2.45. The van der Waals surface area contributed by atoms with Crippen molar-refractivity contribution in [3.63, 3.8) is 0 Å². The first kappa shape index (κ1) is 67.4. The Hall–Kier alpha value is -7.10. The summed E-state index contributed by atoms with van der Waals surface area (Å²) in [6.07, 6.45) is -5.30. The maximum atomic E-state index is 15.0. The van der Waals surface area contributed by atoms with Crippen molar-refractivity contribution in [3.05, 3.63) is 65.7 Å². The minimum atomic E-state index is -1.77. The molecule has 0 saturated carbocycles. The number of carbonyl (C=O) groups is 10. The van der Waals surface area contributed by atoms with Crippen LogP contribution in [0.3, 0.4) is 0 Å². The smallest absolute Gasteiger partial charge is 0.408 e. The van der Waals surface area contributed by atoms with E-state index in [1.54, 1.807) is 76.2 Å². The van der Waals surface area contributed by atoms with Crippen molar-refractivity contribution in [2.24, 2.45) is 29.6 Å². The summed E-state index contributed by atoms with van der Waals surface area (Å²) in [5.74, 6) is -9.80. The number of rotatable bonds is 17. The molecule has 12 atom stereocenters. The van der Waals surface area contributed by atoms with Crippen LogP contribution in [0.2, 0.25) is 0 Å². The zero-order valence-electron chi connectivity index (χ0n) is 50.2. The average molecular weight is 1150 g/mol. The minimum Gasteiger partial charge on any atom is -0.497 e. The summed E-state index contributed by atoms with van der Waals surface area (Å²) in [4.78, 5) is 147. The number of carbonyl (C=O) groups excluding carboxylic acids is 10. The molecule has 22 heteroatoms. The van der Waals surface area contributed by atoms with Crippen LogP contribution >= 0.6 is 0 Å². The number of amides is 7. The number of methoxy groups -OCH3 is 1. The van der Waals surface area contributed by atoms with Gasteiger partial charge in [-0.05, 0) is 93.4 Å². The van der Waals surface area contributed by atoms with Crippen LogP contribution in [0.4, 0.5) is 4.79 Å². The quantitative estimate of drug-likeness (QED) is 0.0841. The van der Waals surface area contributed by atoms with Gasteiger partial charge < -0.3 is 60.0 Å². The Morgan fingerprint density at radius 2 is 1.49 bits per heavy atom. The Morgan fingerprint density at radius 1 is 0.841 bits per heavy atom. The second-order valence-electron chi connectivity index (χ2n) is 23.0. The first-order valence-corrected chi connectivity index (χ1v) is 28.6. The van der Waals surface area contributed by atoms with E-state index in [0.717, 1.165) is 4.90 Å². The number of likely N-dealkylation sites (N-methyl/N-ethyl adjacent to an activating group) is 2. The number of hydrogen-bond acceptors (Lipinski definition) is 15. The number of Topliss-reactive ketones (excluding diaryl/α,β-unsaturated/α-hetero) is 1. The SMILES string of the molecule is CC[C@H](C)[C@H]1NC(=O)[C@@H](NC(=O)[C@@H](CC(C)C)N(C)C(=O)[C@H](C)NC(=O)OCc2ccccc2)[C@@H](C)OC(=O)[C@H](Cc2ccc(OC)cc2)N(C)C(=O)[C@@H]2CCCN2C(=O)[C@H](CC(C)C)NC(=O)[C@@H](C)C(=O)[C@H](C(C)C)OC(=O)C[C@@H]1O. The van der Waals surface area contributed by atoms with Gasteiger partial charge in [0.05, 0.1) is 31.6 Å². The van der Waals surface area contributed by atoms with Crippen molar-refractivity contribution in [3.8, 4) is 5.75 Å². The fourth-order valence-corrected chi connectivity index (χ4v) is 10.1. The third-order valence-corrected chi connectivity index (χ3v) is 15.2. The zero-order valence-corrected chi connectivity index (χ0v) is 50.2. The lowest BCUT2D eigenvalue weighted by Gasteiger charge is -2.36. The molecule has 4 rings (SSSR count). The summed E-state index contributed by atoms with van der Waals surface area (Å²) in [6.45, 7) is 18.2. The monoisotopic (exact) mass is 1150 g/mol. The second-order valence-corrected chi connectivity index (χ2v) is 23.0. The molecule has 0 unspecified atom stereocenters. The summed E-state index contributed by atoms with van der Waals surface area (Å²) >= 11 is 0. The van der Waals surface area contributed by atoms with Gasteiger partial charge in [0.1, 0.15) is 54.7 Å². The molecule has 2 saturated heterocycles. The van der Waals surface area contributed by atoms with Crippen LogP contribution in [0.25, 0.3) is 0 Å². The maximum Gasteiger partial charge on any atom is 0.408 e. The molecule has 454 valence electrons. The van der Waals surface area contributed by atoms with Gasteiger partial charge in [0.15, 0.2) is 11.9 Å². The molecule has 2 aromatic carbocycles. The predicted octanol–water partition coefficient (Wildman–Crippen LogP) is 4.26. The molecule has 2 aliphatic rings. The number of ketones is 1. The summed E-state index contributed by atoms with van der Waals surface area (Å²) in [7, 11) is 4.25. The van der Waals surface area contributed by atoms with Crippen molar-refractivity contribution in [1.82, 2.24) is 36.0 Å². The van der Waals surface area contributed by atoms with Crippen LogP contribution in [0.15, 0.2) is 54.6 Å². The average Bonchev–Trinajstić information content (AvgIpc) is 3.96. The van der Waals surface area contributed by atoms with E-state index in [4.69, 9.17) is 18.9 Å². The lowest BCUT2D eigenvalue weighted by Crippen LogP contribution is -2.62. The number of esters is 2. The molecular weight excluding hydrogens is 1060 g/mol. The molecule has 7 amide bonds. The van der Waals surface area contributed by atoms with Gasteiger partial charge in [-0.1, -0.05) is 104 Å². The standard InChI is InChI=1S/C60H89N7O15/c1-15-36(8)49-47(68)31-48(69)82-52(35(6)7)51(70)37(9)53(71)62-43(28-33(2)3)57(75)67-27-19-22-44(67)58(76)66(13)46(30-40-23-25-42(79-14)26-24-40)59(77)81-39(11)50(55(73)63-49)64-54(72)45(29-34(4)5)65(12)56(74)38(10)61-60(78)80-32-41-20-17-16-18-21-41/h16-18,20-21,23-26,33-39,43-47,49-50,52,68H,15,19,22,27-32H2,1-14H3,(H,61,78)(H,62,71)(H,63,73)(H,64,72)/t36-,37-,38-,39+,43-,44-,45+,46-,47-,49+,50-,52-/m0/s1. The third-order valence-electron chi connectivity index (χ3n) is 15.2. The number of cyclic esters (lactones) is 2. The molecule has 2 aliphatic heterocycles. The van der Waals surface area contributed by atoms with E-state index >= 15 is 4.79 Å². The van der Waals surface area contributed by atoms with E-state index in [1.165, 1.54) is 51.8 Å². The first-order chi connectivity index (χ1) is 38.6. The second kappa shape index (κ2) is 31.4. The van der Waals surface area contributed by atoms with E-state index < -0.39 is 144 Å². The Bertz CT molecular complexity index is 2530. The van der Waals surface area contributed by atoms with E-state index in [0.29, 0.717) is 29.7 Å². The van der Waals surface area contributed by atoms with Crippen LogP contribution < -0.4 is 26.0 Å². The molecule has 0 radical (unpaired) electrons. The van der Waals surface area contributed by atoms with Gasteiger partial charge in [0.2, 0.25) is 35.4 Å². The number of ether oxygens (including phenoxy) is 4. The number of aliphatic hydroxyl groups excluding tert-OH is 1. The Labute approximate surface area is 482 Å². The lowest BCUT2D eigenvalue weighted by molar-refractivity contribution is -0.163. The van der Waals surface area contributed by atoms with E-state index in [2.05, 4.69) is 21.3 Å². The maximum absolute atomic E-state index is 15.0. The summed E-state index contributed by atoms with van der Waals surface area (Å²) in [5, 5.41) is 22.6. The number of nitrogens with one attached hydrogen (secondary N) is 4. The molecule has 0 bridgehead atoms. The summed E-state index contributed by atoms with van der Waals surface area (Å²) in [6, 6.07) is 6.45. The third kappa shape index (κ3) is 18.7.